The Labute approximate surface area is 205 Å². The van der Waals surface area contributed by atoms with Gasteiger partial charge in [-0.3, -0.25) is 14.7 Å². The fourth-order valence-corrected chi connectivity index (χ4v) is 6.42. The van der Waals surface area contributed by atoms with E-state index in [1.54, 1.807) is 30.7 Å². The molecule has 7 heteroatoms. The molecule has 2 unspecified atom stereocenters. The zero-order chi connectivity index (χ0) is 23.9. The fourth-order valence-electron chi connectivity index (χ4n) is 6.42. The van der Waals surface area contributed by atoms with Crippen molar-refractivity contribution in [1.29, 1.82) is 0 Å². The number of halogens is 1. The summed E-state index contributed by atoms with van der Waals surface area (Å²) in [5, 5.41) is 3.73. The van der Waals surface area contributed by atoms with Crippen LogP contribution < -0.4 is 5.32 Å². The molecule has 184 valence electrons. The molecule has 35 heavy (non-hydrogen) atoms. The normalized spacial score (nSPS) is 30.1. The number of rotatable bonds is 4. The molecule has 0 amide bonds. The van der Waals surface area contributed by atoms with E-state index >= 15 is 0 Å². The van der Waals surface area contributed by atoms with Crippen molar-refractivity contribution in [2.75, 3.05) is 20.2 Å². The molecule has 1 aromatic rings. The Morgan fingerprint density at radius 3 is 2.94 bits per heavy atom. The maximum Gasteiger partial charge on any atom is 0.305 e. The SMILES string of the molecule is COC(=O)CC1CCC(N2CC=C(C3CC4OC=C5C=C(F)c6cccnc6C(=C54)N3)CC2)CC1. The van der Waals surface area contributed by atoms with Gasteiger partial charge in [0.2, 0.25) is 0 Å². The van der Waals surface area contributed by atoms with Crippen LogP contribution in [-0.4, -0.2) is 54.2 Å². The number of hydrogen-bond donors (Lipinski definition) is 1. The fraction of sp³-hybridized carbons (Fsp3) is 0.500. The van der Waals surface area contributed by atoms with Gasteiger partial charge in [0, 0.05) is 54.9 Å². The van der Waals surface area contributed by atoms with Crippen molar-refractivity contribution in [2.45, 2.75) is 63.1 Å². The van der Waals surface area contributed by atoms with E-state index in [1.165, 1.54) is 12.7 Å². The standard InChI is InChI=1S/C28H32FN3O3/c1-34-25(33)13-17-4-6-20(7-5-17)32-11-8-18(9-12-32)23-15-24-26-19(16-35-24)14-22(29)21-3-2-10-30-27(21)28(26)31-23/h2-3,8,10,14,16-17,20,23-24,31H,4-7,9,11-13,15H2,1H3. The van der Waals surface area contributed by atoms with Gasteiger partial charge in [0.15, 0.2) is 0 Å². The van der Waals surface area contributed by atoms with Crippen LogP contribution in [0.2, 0.25) is 0 Å². The number of fused-ring (bicyclic) bond motifs is 2. The average molecular weight is 478 g/mol. The highest BCUT2D eigenvalue weighted by Gasteiger charge is 2.40. The Morgan fingerprint density at radius 2 is 2.17 bits per heavy atom. The maximum absolute atomic E-state index is 14.9. The number of pyridine rings is 1. The first-order chi connectivity index (χ1) is 17.1. The molecule has 2 atom stereocenters. The number of hydrogen-bond acceptors (Lipinski definition) is 6. The smallest absolute Gasteiger partial charge is 0.305 e. The van der Waals surface area contributed by atoms with Crippen molar-refractivity contribution in [3.8, 4) is 0 Å². The van der Waals surface area contributed by atoms with Crippen molar-refractivity contribution < 1.29 is 18.7 Å². The lowest BCUT2D eigenvalue weighted by Crippen LogP contribution is -2.45. The van der Waals surface area contributed by atoms with E-state index in [9.17, 15) is 9.18 Å². The molecule has 1 aromatic heterocycles. The molecule has 0 radical (unpaired) electrons. The van der Waals surface area contributed by atoms with E-state index in [0.717, 1.165) is 68.5 Å². The number of methoxy groups -OCH3 is 1. The van der Waals surface area contributed by atoms with Crippen LogP contribution in [0.5, 0.6) is 0 Å². The van der Waals surface area contributed by atoms with E-state index < -0.39 is 0 Å². The Hall–Kier alpha value is -2.93. The van der Waals surface area contributed by atoms with Gasteiger partial charge < -0.3 is 14.8 Å². The Balaban J connectivity index is 1.14. The second-order valence-electron chi connectivity index (χ2n) is 10.3. The highest BCUT2D eigenvalue weighted by molar-refractivity contribution is 5.85. The van der Waals surface area contributed by atoms with Gasteiger partial charge in [-0.05, 0) is 61.8 Å². The summed E-state index contributed by atoms with van der Waals surface area (Å²) in [6.07, 6.45) is 14.2. The lowest BCUT2D eigenvalue weighted by molar-refractivity contribution is -0.142. The lowest BCUT2D eigenvalue weighted by atomic mass is 9.82. The first-order valence-electron chi connectivity index (χ1n) is 12.8. The number of carbonyl (C=O) groups is 1. The summed E-state index contributed by atoms with van der Waals surface area (Å²) in [7, 11) is 1.47. The molecule has 5 aliphatic rings. The second kappa shape index (κ2) is 9.26. The topological polar surface area (TPSA) is 63.7 Å². The minimum atomic E-state index is -0.273. The molecule has 2 aliphatic carbocycles. The van der Waals surface area contributed by atoms with Crippen LogP contribution >= 0.6 is 0 Å². The molecule has 6 rings (SSSR count). The summed E-state index contributed by atoms with van der Waals surface area (Å²) in [5.41, 5.74) is 5.33. The third-order valence-corrected chi connectivity index (χ3v) is 8.35. The Bertz CT molecular complexity index is 1150. The summed E-state index contributed by atoms with van der Waals surface area (Å²) >= 11 is 0. The number of nitrogens with one attached hydrogen (secondary N) is 1. The van der Waals surface area contributed by atoms with Crippen molar-refractivity contribution in [3.63, 3.8) is 0 Å². The van der Waals surface area contributed by atoms with E-state index in [-0.39, 0.29) is 23.9 Å². The predicted octanol–water partition coefficient (Wildman–Crippen LogP) is 4.52. The minimum Gasteiger partial charge on any atom is -0.493 e. The number of ether oxygens (including phenoxy) is 2. The molecule has 4 heterocycles. The van der Waals surface area contributed by atoms with Crippen LogP contribution in [0.15, 0.2) is 53.5 Å². The van der Waals surface area contributed by atoms with Crippen LogP contribution in [0.4, 0.5) is 4.39 Å². The molecule has 1 N–H and O–H groups in total. The molecule has 0 spiro atoms. The second-order valence-corrected chi connectivity index (χ2v) is 10.3. The van der Waals surface area contributed by atoms with Gasteiger partial charge in [-0.15, -0.1) is 0 Å². The quantitative estimate of drug-likeness (QED) is 0.508. The molecule has 0 saturated heterocycles. The monoisotopic (exact) mass is 477 g/mol. The summed E-state index contributed by atoms with van der Waals surface area (Å²) in [6.45, 7) is 1.99. The van der Waals surface area contributed by atoms with Crippen LogP contribution in [0, 0.1) is 5.92 Å². The van der Waals surface area contributed by atoms with Gasteiger partial charge in [0.1, 0.15) is 11.9 Å². The van der Waals surface area contributed by atoms with Crippen LogP contribution in [0.1, 0.15) is 56.2 Å². The van der Waals surface area contributed by atoms with Gasteiger partial charge in [-0.1, -0.05) is 6.08 Å². The highest BCUT2D eigenvalue weighted by Crippen LogP contribution is 2.44. The molecule has 1 fully saturated rings. The third kappa shape index (κ3) is 4.20. The predicted molar refractivity (Wildman–Crippen MR) is 131 cm³/mol. The summed E-state index contributed by atoms with van der Waals surface area (Å²) < 4.78 is 25.8. The number of nitrogens with zero attached hydrogens (tertiary/aromatic N) is 2. The van der Waals surface area contributed by atoms with Crippen molar-refractivity contribution >= 4 is 17.5 Å². The van der Waals surface area contributed by atoms with Crippen molar-refractivity contribution in [2.24, 2.45) is 5.92 Å². The van der Waals surface area contributed by atoms with E-state index in [4.69, 9.17) is 9.47 Å². The van der Waals surface area contributed by atoms with Crippen molar-refractivity contribution in [3.05, 3.63) is 64.7 Å². The Kier molecular flexibility index (Phi) is 5.96. The number of aromatic nitrogens is 1. The van der Waals surface area contributed by atoms with Gasteiger partial charge in [0.05, 0.1) is 30.8 Å². The van der Waals surface area contributed by atoms with Gasteiger partial charge in [0.25, 0.3) is 0 Å². The summed E-state index contributed by atoms with van der Waals surface area (Å²) in [4.78, 5) is 18.7. The van der Waals surface area contributed by atoms with Gasteiger partial charge in [-0.2, -0.15) is 0 Å². The minimum absolute atomic E-state index is 0.0766. The number of allylic oxidation sites excluding steroid dienone is 1. The zero-order valence-corrected chi connectivity index (χ0v) is 20.1. The third-order valence-electron chi connectivity index (χ3n) is 8.35. The van der Waals surface area contributed by atoms with Gasteiger partial charge in [-0.25, -0.2) is 4.39 Å². The largest absolute Gasteiger partial charge is 0.493 e. The summed E-state index contributed by atoms with van der Waals surface area (Å²) in [6, 6.07) is 4.32. The van der Waals surface area contributed by atoms with Crippen LogP contribution in [-0.2, 0) is 14.3 Å². The maximum atomic E-state index is 14.9. The first kappa shape index (κ1) is 22.5. The van der Waals surface area contributed by atoms with E-state index in [2.05, 4.69) is 21.3 Å². The van der Waals surface area contributed by atoms with E-state index in [0.29, 0.717) is 29.6 Å². The van der Waals surface area contributed by atoms with Crippen molar-refractivity contribution in [1.82, 2.24) is 15.2 Å². The highest BCUT2D eigenvalue weighted by atomic mass is 19.1. The zero-order valence-electron chi connectivity index (χ0n) is 20.1. The Morgan fingerprint density at radius 1 is 1.31 bits per heavy atom. The molecule has 1 saturated carbocycles. The van der Waals surface area contributed by atoms with Crippen LogP contribution in [0.25, 0.3) is 11.5 Å². The molecule has 6 nitrogen and oxygen atoms in total. The molecule has 0 aromatic carbocycles. The first-order valence-corrected chi connectivity index (χ1v) is 12.8. The molecular formula is C28H32FN3O3. The molecule has 0 bridgehead atoms. The molecule has 3 aliphatic heterocycles. The lowest BCUT2D eigenvalue weighted by Gasteiger charge is -2.40. The van der Waals surface area contributed by atoms with Gasteiger partial charge >= 0.3 is 5.97 Å². The average Bonchev–Trinajstić information content (AvgIpc) is 3.25. The number of carbonyl (C=O) groups excluding carboxylic acids is 1. The number of esters is 1. The van der Waals surface area contributed by atoms with Crippen LogP contribution in [0.3, 0.4) is 0 Å². The molecular weight excluding hydrogens is 445 g/mol. The van der Waals surface area contributed by atoms with E-state index in [1.807, 2.05) is 0 Å². The summed E-state index contributed by atoms with van der Waals surface area (Å²) in [5.74, 6) is 0.102.